The van der Waals surface area contributed by atoms with Gasteiger partial charge in [-0.25, -0.2) is 4.79 Å². The fourth-order valence-electron chi connectivity index (χ4n) is 3.77. The van der Waals surface area contributed by atoms with Crippen LogP contribution in [-0.2, 0) is 9.47 Å². The number of hydrogen-bond acceptors (Lipinski definition) is 5. The van der Waals surface area contributed by atoms with E-state index in [0.29, 0.717) is 25.5 Å². The molecule has 0 radical (unpaired) electrons. The average molecular weight is 435 g/mol. The highest BCUT2D eigenvalue weighted by Crippen LogP contribution is 2.18. The van der Waals surface area contributed by atoms with E-state index in [1.807, 2.05) is 24.3 Å². The van der Waals surface area contributed by atoms with Crippen molar-refractivity contribution >= 4 is 11.8 Å². The summed E-state index contributed by atoms with van der Waals surface area (Å²) in [6.07, 6.45) is 9.89. The van der Waals surface area contributed by atoms with E-state index >= 15 is 0 Å². The third-order valence-corrected chi connectivity index (χ3v) is 5.43. The second kappa shape index (κ2) is 15.9. The Hall–Kier alpha value is -1.79. The van der Waals surface area contributed by atoms with Crippen LogP contribution in [0.3, 0.4) is 0 Å². The molecule has 0 aliphatic carbocycles. The number of unbranched alkanes of at least 4 members (excludes halogenated alkanes) is 3. The molecule has 1 N–H and O–H groups in total. The van der Waals surface area contributed by atoms with Crippen LogP contribution >= 0.6 is 0 Å². The van der Waals surface area contributed by atoms with Crippen molar-refractivity contribution in [1.29, 1.82) is 0 Å². The summed E-state index contributed by atoms with van der Waals surface area (Å²) in [5, 5.41) is 2.85. The van der Waals surface area contributed by atoms with Gasteiger partial charge in [-0.15, -0.1) is 0 Å². The Morgan fingerprint density at radius 1 is 1.03 bits per heavy atom. The summed E-state index contributed by atoms with van der Waals surface area (Å²) in [7, 11) is 0. The molecule has 6 nitrogen and oxygen atoms in total. The van der Waals surface area contributed by atoms with E-state index < -0.39 is 6.09 Å². The Labute approximate surface area is 188 Å². The second-order valence-corrected chi connectivity index (χ2v) is 8.38. The Kier molecular flexibility index (Phi) is 13.1. The molecule has 1 saturated heterocycles. The second-order valence-electron chi connectivity index (χ2n) is 8.38. The van der Waals surface area contributed by atoms with Crippen LogP contribution < -0.4 is 10.1 Å². The molecule has 2 rings (SSSR count). The van der Waals surface area contributed by atoms with Crippen molar-refractivity contribution < 1.29 is 19.0 Å². The first-order valence-corrected chi connectivity index (χ1v) is 12.2. The van der Waals surface area contributed by atoms with Gasteiger partial charge in [-0.05, 0) is 50.9 Å². The van der Waals surface area contributed by atoms with Crippen molar-refractivity contribution in [3.05, 3.63) is 24.3 Å². The molecule has 6 heteroatoms. The van der Waals surface area contributed by atoms with Crippen molar-refractivity contribution in [2.45, 2.75) is 77.7 Å². The summed E-state index contributed by atoms with van der Waals surface area (Å²) in [4.78, 5) is 15.0. The molecular weight excluding hydrogens is 392 g/mol. The van der Waals surface area contributed by atoms with Crippen LogP contribution in [0.4, 0.5) is 10.5 Å². The number of nitrogens with one attached hydrogen (secondary N) is 1. The highest BCUT2D eigenvalue weighted by atomic mass is 16.6. The number of carbonyl (C=O) groups excluding carboxylic acids is 1. The number of rotatable bonds is 14. The molecule has 1 aromatic rings. The van der Waals surface area contributed by atoms with Crippen molar-refractivity contribution in [2.75, 3.05) is 44.8 Å². The molecule has 1 fully saturated rings. The minimum absolute atomic E-state index is 0.275. The summed E-state index contributed by atoms with van der Waals surface area (Å²) in [5.74, 6) is 0.765. The Morgan fingerprint density at radius 2 is 1.84 bits per heavy atom. The van der Waals surface area contributed by atoms with Gasteiger partial charge in [0.15, 0.2) is 0 Å². The van der Waals surface area contributed by atoms with Gasteiger partial charge < -0.3 is 14.2 Å². The van der Waals surface area contributed by atoms with Crippen molar-refractivity contribution in [1.82, 2.24) is 4.90 Å². The number of nitrogens with zero attached hydrogens (tertiary/aromatic N) is 1. The number of ether oxygens (including phenoxy) is 3. The van der Waals surface area contributed by atoms with Crippen LogP contribution in [0, 0.1) is 0 Å². The minimum atomic E-state index is -0.444. The van der Waals surface area contributed by atoms with Gasteiger partial charge in [-0.1, -0.05) is 52.0 Å². The predicted molar refractivity (Wildman–Crippen MR) is 126 cm³/mol. The molecule has 176 valence electrons. The van der Waals surface area contributed by atoms with E-state index in [2.05, 4.69) is 24.1 Å². The lowest BCUT2D eigenvalue weighted by molar-refractivity contribution is 0.00801. The number of benzene rings is 1. The zero-order valence-electron chi connectivity index (χ0n) is 19.6. The van der Waals surface area contributed by atoms with Crippen LogP contribution in [0.5, 0.6) is 5.75 Å². The fraction of sp³-hybridized carbons (Fsp3) is 0.720. The third kappa shape index (κ3) is 11.4. The molecule has 0 saturated carbocycles. The number of hydrogen-bond donors (Lipinski definition) is 1. The molecule has 1 aliphatic rings. The van der Waals surface area contributed by atoms with Gasteiger partial charge in [0.25, 0.3) is 0 Å². The van der Waals surface area contributed by atoms with E-state index in [4.69, 9.17) is 14.2 Å². The SMILES string of the molecule is CCCCCCOc1cccc(NC(=O)OC(COCCC)CN2CCCCCC2)c1. The van der Waals surface area contributed by atoms with Gasteiger partial charge >= 0.3 is 6.09 Å². The molecule has 1 heterocycles. The normalized spacial score (nSPS) is 15.8. The predicted octanol–water partition coefficient (Wildman–Crippen LogP) is 5.87. The summed E-state index contributed by atoms with van der Waals surface area (Å²) in [6, 6.07) is 7.49. The molecule has 1 aliphatic heterocycles. The Bertz CT molecular complexity index is 603. The Balaban J connectivity index is 1.83. The molecule has 0 spiro atoms. The van der Waals surface area contributed by atoms with Crippen molar-refractivity contribution in [2.24, 2.45) is 0 Å². The lowest BCUT2D eigenvalue weighted by atomic mass is 10.2. The number of anilines is 1. The van der Waals surface area contributed by atoms with E-state index in [0.717, 1.165) is 38.2 Å². The first-order chi connectivity index (χ1) is 15.2. The molecule has 0 bridgehead atoms. The maximum atomic E-state index is 12.6. The van der Waals surface area contributed by atoms with Gasteiger partial charge in [-0.3, -0.25) is 10.2 Å². The molecule has 31 heavy (non-hydrogen) atoms. The third-order valence-electron chi connectivity index (χ3n) is 5.43. The van der Waals surface area contributed by atoms with Crippen LogP contribution in [0.25, 0.3) is 0 Å². The molecule has 1 unspecified atom stereocenters. The van der Waals surface area contributed by atoms with Crippen LogP contribution in [0.2, 0.25) is 0 Å². The molecule has 1 aromatic carbocycles. The molecular formula is C25H42N2O4. The van der Waals surface area contributed by atoms with E-state index in [9.17, 15) is 4.79 Å². The van der Waals surface area contributed by atoms with Gasteiger partial charge in [0.1, 0.15) is 11.9 Å². The lowest BCUT2D eigenvalue weighted by Crippen LogP contribution is -2.39. The first kappa shape index (κ1) is 25.5. The van der Waals surface area contributed by atoms with Gasteiger partial charge in [0.2, 0.25) is 0 Å². The summed E-state index contributed by atoms with van der Waals surface area (Å²) in [6.45, 7) is 8.93. The monoisotopic (exact) mass is 434 g/mol. The maximum Gasteiger partial charge on any atom is 0.412 e. The smallest absolute Gasteiger partial charge is 0.412 e. The largest absolute Gasteiger partial charge is 0.494 e. The van der Waals surface area contributed by atoms with Crippen LogP contribution in [-0.4, -0.2) is 56.6 Å². The molecule has 1 amide bonds. The van der Waals surface area contributed by atoms with Crippen molar-refractivity contribution in [3.63, 3.8) is 0 Å². The quantitative estimate of drug-likeness (QED) is 0.371. The van der Waals surface area contributed by atoms with Crippen LogP contribution in [0.1, 0.15) is 71.6 Å². The maximum absolute atomic E-state index is 12.6. The zero-order chi connectivity index (χ0) is 22.2. The zero-order valence-corrected chi connectivity index (χ0v) is 19.6. The highest BCUT2D eigenvalue weighted by Gasteiger charge is 2.20. The minimum Gasteiger partial charge on any atom is -0.494 e. The number of likely N-dealkylation sites (tertiary alicyclic amines) is 1. The standard InChI is InChI=1S/C25H42N2O4/c1-3-5-6-11-18-30-23-14-12-13-22(19-23)26-25(28)31-24(21-29-17-4-2)20-27-15-9-7-8-10-16-27/h12-14,19,24H,3-11,15-18,20-21H2,1-2H3,(H,26,28). The lowest BCUT2D eigenvalue weighted by Gasteiger charge is -2.26. The molecule has 1 atom stereocenters. The highest BCUT2D eigenvalue weighted by molar-refractivity contribution is 5.85. The van der Waals surface area contributed by atoms with Crippen molar-refractivity contribution in [3.8, 4) is 5.75 Å². The average Bonchev–Trinajstić information content (AvgIpc) is 3.02. The van der Waals surface area contributed by atoms with Gasteiger partial charge in [0.05, 0.1) is 13.2 Å². The van der Waals surface area contributed by atoms with E-state index in [1.165, 1.54) is 44.9 Å². The first-order valence-electron chi connectivity index (χ1n) is 12.2. The number of amides is 1. The number of carbonyl (C=O) groups is 1. The summed E-state index contributed by atoms with van der Waals surface area (Å²) in [5.41, 5.74) is 0.680. The van der Waals surface area contributed by atoms with Gasteiger partial charge in [-0.2, -0.15) is 0 Å². The molecule has 0 aromatic heterocycles. The van der Waals surface area contributed by atoms with Crippen LogP contribution in [0.15, 0.2) is 24.3 Å². The topological polar surface area (TPSA) is 60.0 Å². The van der Waals surface area contributed by atoms with E-state index in [-0.39, 0.29) is 6.10 Å². The fourth-order valence-corrected chi connectivity index (χ4v) is 3.77. The summed E-state index contributed by atoms with van der Waals surface area (Å²) < 4.78 is 17.3. The van der Waals surface area contributed by atoms with Gasteiger partial charge in [0, 0.05) is 24.9 Å². The summed E-state index contributed by atoms with van der Waals surface area (Å²) >= 11 is 0. The Morgan fingerprint density at radius 3 is 2.58 bits per heavy atom. The van der Waals surface area contributed by atoms with E-state index in [1.54, 1.807) is 0 Å².